The van der Waals surface area contributed by atoms with E-state index in [-0.39, 0.29) is 39.9 Å². The van der Waals surface area contributed by atoms with Crippen molar-refractivity contribution in [2.45, 2.75) is 31.1 Å². The van der Waals surface area contributed by atoms with E-state index >= 15 is 0 Å². The van der Waals surface area contributed by atoms with Crippen molar-refractivity contribution in [3.63, 3.8) is 0 Å². The first kappa shape index (κ1) is 26.4. The summed E-state index contributed by atoms with van der Waals surface area (Å²) in [5.74, 6) is -3.49. The molecule has 2 unspecified atom stereocenters. The Morgan fingerprint density at radius 3 is 2.68 bits per heavy atom. The summed E-state index contributed by atoms with van der Waals surface area (Å²) in [7, 11) is 0. The van der Waals surface area contributed by atoms with Crippen LogP contribution < -0.4 is 21.1 Å². The fourth-order valence-electron chi connectivity index (χ4n) is 3.82. The summed E-state index contributed by atoms with van der Waals surface area (Å²) in [5.41, 5.74) is 2.58. The van der Waals surface area contributed by atoms with E-state index < -0.39 is 46.9 Å². The third kappa shape index (κ3) is 5.69. The number of hydrogen-bond donors (Lipinski definition) is 2. The van der Waals surface area contributed by atoms with Gasteiger partial charge in [0.05, 0.1) is 28.9 Å². The zero-order valence-corrected chi connectivity index (χ0v) is 20.0. The molecule has 1 aliphatic heterocycles. The topological polar surface area (TPSA) is 109 Å². The number of halogens is 6. The van der Waals surface area contributed by atoms with Crippen LogP contribution in [0.1, 0.15) is 29.2 Å². The van der Waals surface area contributed by atoms with Crippen molar-refractivity contribution in [1.82, 2.24) is 20.4 Å². The van der Waals surface area contributed by atoms with Gasteiger partial charge in [0.2, 0.25) is 11.7 Å². The van der Waals surface area contributed by atoms with Gasteiger partial charge in [-0.2, -0.15) is 18.4 Å². The molecule has 1 saturated heterocycles. The molecule has 1 amide bonds. The number of hydrazine groups is 1. The lowest BCUT2D eigenvalue weighted by Gasteiger charge is -2.31. The second-order valence-electron chi connectivity index (χ2n) is 8.03. The van der Waals surface area contributed by atoms with Crippen LogP contribution in [0.2, 0.25) is 10.0 Å². The summed E-state index contributed by atoms with van der Waals surface area (Å²) >= 11 is 11.9. The van der Waals surface area contributed by atoms with Gasteiger partial charge in [-0.1, -0.05) is 35.3 Å². The molecule has 37 heavy (non-hydrogen) atoms. The van der Waals surface area contributed by atoms with Gasteiger partial charge in [0.15, 0.2) is 5.69 Å². The molecule has 14 heteroatoms. The molecule has 0 radical (unpaired) electrons. The molecule has 4 rings (SSSR count). The predicted octanol–water partition coefficient (Wildman–Crippen LogP) is 4.55. The van der Waals surface area contributed by atoms with Crippen LogP contribution in [-0.4, -0.2) is 21.5 Å². The number of aromatic nitrogens is 2. The van der Waals surface area contributed by atoms with Gasteiger partial charge in [0, 0.05) is 17.6 Å². The molecule has 1 aromatic heterocycles. The van der Waals surface area contributed by atoms with Gasteiger partial charge in [0.25, 0.3) is 5.56 Å². The highest BCUT2D eigenvalue weighted by Gasteiger charge is 2.39. The quantitative estimate of drug-likeness (QED) is 0.447. The largest absolute Gasteiger partial charge is 0.449 e. The zero-order chi connectivity index (χ0) is 26.9. The van der Waals surface area contributed by atoms with Crippen molar-refractivity contribution in [2.24, 2.45) is 0 Å². The standard InChI is InChI=1S/C23H15Cl2F4N5O3/c24-12-4-11(8-30)5-14(6-12)37-19-20(23(27,28)29)31-10-34(22(19)36)9-13-7-16(21(35)33-32-13)15-2-1-3-17(26)18(15)25/h1-6,10,13,16,32H,7,9H2,(H,33,35). The average molecular weight is 556 g/mol. The number of nitriles is 1. The van der Waals surface area contributed by atoms with Crippen molar-refractivity contribution in [3.8, 4) is 17.6 Å². The molecule has 1 aliphatic rings. The zero-order valence-electron chi connectivity index (χ0n) is 18.4. The Labute approximate surface area is 216 Å². The smallest absolute Gasteiger partial charge is 0.437 e. The lowest BCUT2D eigenvalue weighted by molar-refractivity contribution is -0.142. The molecule has 192 valence electrons. The Morgan fingerprint density at radius 2 is 1.97 bits per heavy atom. The lowest BCUT2D eigenvalue weighted by atomic mass is 9.90. The molecule has 2 heterocycles. The first-order valence-electron chi connectivity index (χ1n) is 10.5. The summed E-state index contributed by atoms with van der Waals surface area (Å²) < 4.78 is 60.9. The molecule has 0 aliphatic carbocycles. The van der Waals surface area contributed by atoms with E-state index in [4.69, 9.17) is 33.2 Å². The number of amides is 1. The van der Waals surface area contributed by atoms with Gasteiger partial charge in [-0.3, -0.25) is 19.6 Å². The molecule has 2 aromatic carbocycles. The van der Waals surface area contributed by atoms with Crippen LogP contribution in [0.4, 0.5) is 17.6 Å². The summed E-state index contributed by atoms with van der Waals surface area (Å²) in [4.78, 5) is 28.9. The molecular formula is C23H15Cl2F4N5O3. The van der Waals surface area contributed by atoms with Crippen molar-refractivity contribution in [2.75, 3.05) is 0 Å². The number of alkyl halides is 3. The average Bonchev–Trinajstić information content (AvgIpc) is 2.83. The van der Waals surface area contributed by atoms with E-state index in [1.54, 1.807) is 6.07 Å². The van der Waals surface area contributed by atoms with Crippen LogP contribution in [0, 0.1) is 17.1 Å². The maximum atomic E-state index is 13.9. The first-order chi connectivity index (χ1) is 17.5. The molecule has 0 spiro atoms. The number of benzene rings is 2. The van der Waals surface area contributed by atoms with Crippen LogP contribution in [-0.2, 0) is 17.5 Å². The first-order valence-corrected chi connectivity index (χ1v) is 11.3. The Bertz CT molecular complexity index is 1470. The van der Waals surface area contributed by atoms with E-state index in [1.807, 2.05) is 0 Å². The maximum absolute atomic E-state index is 13.9. The Morgan fingerprint density at radius 1 is 1.22 bits per heavy atom. The SMILES string of the molecule is N#Cc1cc(Cl)cc(Oc2c(C(F)(F)F)ncn(CC3CC(c4cccc(F)c4Cl)C(=O)NN3)c2=O)c1. The Balaban J connectivity index is 1.66. The third-order valence-corrected chi connectivity index (χ3v) is 6.11. The van der Waals surface area contributed by atoms with Crippen molar-refractivity contribution in [1.29, 1.82) is 5.26 Å². The minimum Gasteiger partial charge on any atom is -0.449 e. The molecule has 2 N–H and O–H groups in total. The van der Waals surface area contributed by atoms with Crippen LogP contribution in [0.15, 0.2) is 47.5 Å². The van der Waals surface area contributed by atoms with E-state index in [0.29, 0.717) is 6.33 Å². The number of rotatable bonds is 5. The fraction of sp³-hybridized carbons (Fsp3) is 0.217. The van der Waals surface area contributed by atoms with Crippen LogP contribution in [0.3, 0.4) is 0 Å². The Kier molecular flexibility index (Phi) is 7.40. The summed E-state index contributed by atoms with van der Waals surface area (Å²) in [6.07, 6.45) is -4.28. The molecule has 0 saturated carbocycles. The Hall–Kier alpha value is -3.66. The van der Waals surface area contributed by atoms with Crippen LogP contribution in [0.25, 0.3) is 0 Å². The number of hydrogen-bond acceptors (Lipinski definition) is 6. The van der Waals surface area contributed by atoms with E-state index in [2.05, 4.69) is 15.8 Å². The van der Waals surface area contributed by atoms with Gasteiger partial charge in [-0.15, -0.1) is 0 Å². The maximum Gasteiger partial charge on any atom is 0.437 e. The van der Waals surface area contributed by atoms with Gasteiger partial charge in [-0.25, -0.2) is 14.8 Å². The second kappa shape index (κ2) is 10.4. The van der Waals surface area contributed by atoms with Crippen molar-refractivity contribution in [3.05, 3.63) is 85.8 Å². The van der Waals surface area contributed by atoms with Crippen LogP contribution in [0.5, 0.6) is 11.5 Å². The number of nitrogens with one attached hydrogen (secondary N) is 2. The molecular weight excluding hydrogens is 541 g/mol. The summed E-state index contributed by atoms with van der Waals surface area (Å²) in [6.45, 7) is -0.233. The van der Waals surface area contributed by atoms with E-state index in [1.165, 1.54) is 18.2 Å². The summed E-state index contributed by atoms with van der Waals surface area (Å²) in [6, 6.07) is 8.65. The number of carbonyl (C=O) groups excluding carboxylic acids is 1. The minimum absolute atomic E-state index is 0.00414. The molecule has 8 nitrogen and oxygen atoms in total. The monoisotopic (exact) mass is 555 g/mol. The molecule has 1 fully saturated rings. The van der Waals surface area contributed by atoms with Gasteiger partial charge in [-0.05, 0) is 36.2 Å². The fourth-order valence-corrected chi connectivity index (χ4v) is 4.31. The van der Waals surface area contributed by atoms with Crippen molar-refractivity contribution < 1.29 is 27.1 Å². The third-order valence-electron chi connectivity index (χ3n) is 5.50. The number of nitrogens with zero attached hydrogens (tertiary/aromatic N) is 3. The highest BCUT2D eigenvalue weighted by atomic mass is 35.5. The normalized spacial score (nSPS) is 17.7. The van der Waals surface area contributed by atoms with Gasteiger partial charge < -0.3 is 4.74 Å². The van der Waals surface area contributed by atoms with E-state index in [9.17, 15) is 27.2 Å². The van der Waals surface area contributed by atoms with Crippen LogP contribution >= 0.6 is 23.2 Å². The predicted molar refractivity (Wildman–Crippen MR) is 124 cm³/mol. The highest BCUT2D eigenvalue weighted by Crippen LogP contribution is 2.36. The highest BCUT2D eigenvalue weighted by molar-refractivity contribution is 6.32. The summed E-state index contributed by atoms with van der Waals surface area (Å²) in [5, 5.41) is 8.86. The molecule has 0 bridgehead atoms. The van der Waals surface area contributed by atoms with Gasteiger partial charge in [0.1, 0.15) is 11.6 Å². The molecule has 3 aromatic rings. The van der Waals surface area contributed by atoms with Gasteiger partial charge >= 0.3 is 6.18 Å². The van der Waals surface area contributed by atoms with Crippen molar-refractivity contribution >= 4 is 29.1 Å². The number of carbonyl (C=O) groups is 1. The number of ether oxygens (including phenoxy) is 1. The molecule has 2 atom stereocenters. The van der Waals surface area contributed by atoms with E-state index in [0.717, 1.165) is 22.8 Å². The lowest BCUT2D eigenvalue weighted by Crippen LogP contribution is -2.54. The second-order valence-corrected chi connectivity index (χ2v) is 8.84. The minimum atomic E-state index is -5.03.